The predicted octanol–water partition coefficient (Wildman–Crippen LogP) is 2.20. The summed E-state index contributed by atoms with van der Waals surface area (Å²) in [6.45, 7) is 4.50. The van der Waals surface area contributed by atoms with Gasteiger partial charge in [-0.1, -0.05) is 13.8 Å². The van der Waals surface area contributed by atoms with E-state index < -0.39 is 4.92 Å². The summed E-state index contributed by atoms with van der Waals surface area (Å²) in [5.41, 5.74) is 1.59. The third-order valence-corrected chi connectivity index (χ3v) is 3.85. The van der Waals surface area contributed by atoms with E-state index in [0.717, 1.165) is 16.6 Å². The molecule has 0 amide bonds. The highest BCUT2D eigenvalue weighted by Gasteiger charge is 2.25. The molecule has 2 rings (SSSR count). The van der Waals surface area contributed by atoms with Gasteiger partial charge in [-0.05, 0) is 18.6 Å². The first-order chi connectivity index (χ1) is 9.90. The van der Waals surface area contributed by atoms with Crippen LogP contribution in [0.25, 0.3) is 10.9 Å². The number of non-ortho nitro benzene ring substituents is 1. The van der Waals surface area contributed by atoms with Crippen LogP contribution in [0.5, 0.6) is 0 Å². The van der Waals surface area contributed by atoms with Gasteiger partial charge in [0, 0.05) is 47.3 Å². The summed E-state index contributed by atoms with van der Waals surface area (Å²) >= 11 is 0. The lowest BCUT2D eigenvalue weighted by molar-refractivity contribution is -0.384. The Labute approximate surface area is 122 Å². The summed E-state index contributed by atoms with van der Waals surface area (Å²) in [7, 11) is 0. The van der Waals surface area contributed by atoms with Crippen molar-refractivity contribution in [3.05, 3.63) is 40.1 Å². The molecule has 1 aromatic heterocycles. The molecule has 2 N–H and O–H groups in total. The highest BCUT2D eigenvalue weighted by Crippen LogP contribution is 2.33. The van der Waals surface area contributed by atoms with Gasteiger partial charge in [-0.25, -0.2) is 0 Å². The maximum absolute atomic E-state index is 10.9. The normalized spacial score (nSPS) is 12.0. The van der Waals surface area contributed by atoms with Crippen molar-refractivity contribution in [2.45, 2.75) is 32.2 Å². The van der Waals surface area contributed by atoms with Gasteiger partial charge in [-0.2, -0.15) is 0 Å². The molecule has 0 spiro atoms. The summed E-state index contributed by atoms with van der Waals surface area (Å²) in [5, 5.41) is 30.2. The van der Waals surface area contributed by atoms with Crippen molar-refractivity contribution in [3.63, 3.8) is 0 Å². The molecule has 0 aliphatic carbocycles. The topological polar surface area (TPSA) is 88.5 Å². The van der Waals surface area contributed by atoms with Crippen LogP contribution in [0.4, 0.5) is 5.69 Å². The molecule has 21 heavy (non-hydrogen) atoms. The summed E-state index contributed by atoms with van der Waals surface area (Å²) < 4.78 is 1.97. The van der Waals surface area contributed by atoms with Gasteiger partial charge in [0.05, 0.1) is 11.5 Å². The lowest BCUT2D eigenvalue weighted by Crippen LogP contribution is -2.23. The fourth-order valence-corrected chi connectivity index (χ4v) is 2.68. The molecular formula is C15H20N2O4. The van der Waals surface area contributed by atoms with Crippen LogP contribution in [0.15, 0.2) is 24.3 Å². The fourth-order valence-electron chi connectivity index (χ4n) is 2.68. The van der Waals surface area contributed by atoms with E-state index in [1.54, 1.807) is 12.1 Å². The summed E-state index contributed by atoms with van der Waals surface area (Å²) in [6.07, 6.45) is 0.580. The van der Waals surface area contributed by atoms with Crippen molar-refractivity contribution in [3.8, 4) is 0 Å². The monoisotopic (exact) mass is 292 g/mol. The highest BCUT2D eigenvalue weighted by atomic mass is 16.6. The average molecular weight is 292 g/mol. The summed E-state index contributed by atoms with van der Waals surface area (Å²) in [5.74, 6) is 0. The Morgan fingerprint density at radius 1 is 1.24 bits per heavy atom. The van der Waals surface area contributed by atoms with Gasteiger partial charge in [-0.15, -0.1) is 0 Å². The largest absolute Gasteiger partial charge is 0.396 e. The minimum Gasteiger partial charge on any atom is -0.396 e. The number of rotatable bonds is 6. The third kappa shape index (κ3) is 2.91. The van der Waals surface area contributed by atoms with Crippen LogP contribution in [0.3, 0.4) is 0 Å². The molecule has 2 aromatic rings. The van der Waals surface area contributed by atoms with E-state index in [4.69, 9.17) is 0 Å². The first-order valence-corrected chi connectivity index (χ1v) is 6.90. The number of hydrogen-bond acceptors (Lipinski definition) is 4. The van der Waals surface area contributed by atoms with Crippen molar-refractivity contribution in [1.29, 1.82) is 0 Å². The molecule has 0 fully saturated rings. The minimum atomic E-state index is -0.415. The highest BCUT2D eigenvalue weighted by molar-refractivity contribution is 5.84. The molecular weight excluding hydrogens is 272 g/mol. The van der Waals surface area contributed by atoms with Gasteiger partial charge in [-0.3, -0.25) is 10.1 Å². The molecule has 6 nitrogen and oxygen atoms in total. The number of nitro groups is 1. The Kier molecular flexibility index (Phi) is 4.29. The fraction of sp³-hybridized carbons (Fsp3) is 0.467. The lowest BCUT2D eigenvalue weighted by atomic mass is 9.85. The van der Waals surface area contributed by atoms with Crippen molar-refractivity contribution in [2.24, 2.45) is 0 Å². The lowest BCUT2D eigenvalue weighted by Gasteiger charge is -2.26. The van der Waals surface area contributed by atoms with Crippen molar-refractivity contribution in [2.75, 3.05) is 13.2 Å². The zero-order valence-electron chi connectivity index (χ0n) is 12.2. The van der Waals surface area contributed by atoms with E-state index in [1.807, 2.05) is 24.5 Å². The first kappa shape index (κ1) is 15.5. The molecule has 0 aliphatic heterocycles. The predicted molar refractivity (Wildman–Crippen MR) is 80.4 cm³/mol. The number of fused-ring (bicyclic) bond motifs is 1. The maximum Gasteiger partial charge on any atom is 0.270 e. The molecule has 0 unspecified atom stereocenters. The molecule has 0 atom stereocenters. The van der Waals surface area contributed by atoms with E-state index in [1.165, 1.54) is 6.07 Å². The van der Waals surface area contributed by atoms with Gasteiger partial charge >= 0.3 is 0 Å². The number of aliphatic hydroxyl groups is 2. The summed E-state index contributed by atoms with van der Waals surface area (Å²) in [6, 6.07) is 6.63. The smallest absolute Gasteiger partial charge is 0.270 e. The average Bonchev–Trinajstić information content (AvgIpc) is 2.78. The number of aliphatic hydroxyl groups excluding tert-OH is 2. The van der Waals surface area contributed by atoms with E-state index in [-0.39, 0.29) is 24.3 Å². The van der Waals surface area contributed by atoms with Crippen LogP contribution in [0.2, 0.25) is 0 Å². The molecule has 0 saturated carbocycles. The van der Waals surface area contributed by atoms with Crippen LogP contribution in [-0.4, -0.2) is 32.9 Å². The van der Waals surface area contributed by atoms with E-state index >= 15 is 0 Å². The second-order valence-corrected chi connectivity index (χ2v) is 5.76. The van der Waals surface area contributed by atoms with Gasteiger partial charge in [0.1, 0.15) is 0 Å². The van der Waals surface area contributed by atoms with Gasteiger partial charge in [0.2, 0.25) is 0 Å². The number of hydrogen-bond donors (Lipinski definition) is 2. The second kappa shape index (κ2) is 5.83. The molecule has 0 aliphatic rings. The third-order valence-electron chi connectivity index (χ3n) is 3.85. The quantitative estimate of drug-likeness (QED) is 0.631. The molecule has 0 saturated heterocycles. The number of aromatic nitrogens is 1. The number of benzene rings is 1. The van der Waals surface area contributed by atoms with Crippen LogP contribution in [-0.2, 0) is 12.0 Å². The zero-order valence-corrected chi connectivity index (χ0v) is 12.2. The van der Waals surface area contributed by atoms with Crippen LogP contribution < -0.4 is 0 Å². The molecule has 0 radical (unpaired) electrons. The van der Waals surface area contributed by atoms with Gasteiger partial charge in [0.25, 0.3) is 5.69 Å². The Bertz CT molecular complexity index is 661. The van der Waals surface area contributed by atoms with Crippen LogP contribution in [0, 0.1) is 10.1 Å². The molecule has 1 heterocycles. The number of nitrogens with zero attached hydrogens (tertiary/aromatic N) is 2. The minimum absolute atomic E-state index is 0.0109. The van der Waals surface area contributed by atoms with Crippen molar-refractivity contribution in [1.82, 2.24) is 4.57 Å². The Balaban J connectivity index is 2.63. The maximum atomic E-state index is 10.9. The van der Waals surface area contributed by atoms with Crippen LogP contribution >= 0.6 is 0 Å². The molecule has 6 heteroatoms. The molecule has 0 bridgehead atoms. The first-order valence-electron chi connectivity index (χ1n) is 6.90. The standard InChI is InChI=1S/C15H20N2O4/c1-15(2,5-7-18)14-10-11-9-12(17(20)21)3-4-13(11)16(14)6-8-19/h3-4,9-10,18-19H,5-8H2,1-2H3. The Morgan fingerprint density at radius 3 is 2.52 bits per heavy atom. The van der Waals surface area contributed by atoms with Crippen LogP contribution in [0.1, 0.15) is 26.0 Å². The zero-order chi connectivity index (χ0) is 15.6. The number of nitro benzene ring substituents is 1. The van der Waals surface area contributed by atoms with Crippen molar-refractivity contribution >= 4 is 16.6 Å². The molecule has 114 valence electrons. The Hall–Kier alpha value is -1.92. The summed E-state index contributed by atoms with van der Waals surface area (Å²) in [4.78, 5) is 10.5. The van der Waals surface area contributed by atoms with Crippen molar-refractivity contribution < 1.29 is 15.1 Å². The second-order valence-electron chi connectivity index (χ2n) is 5.76. The van der Waals surface area contributed by atoms with E-state index in [2.05, 4.69) is 0 Å². The van der Waals surface area contributed by atoms with Gasteiger partial charge < -0.3 is 14.8 Å². The van der Waals surface area contributed by atoms with E-state index in [0.29, 0.717) is 13.0 Å². The van der Waals surface area contributed by atoms with E-state index in [9.17, 15) is 20.3 Å². The molecule has 1 aromatic carbocycles. The Morgan fingerprint density at radius 2 is 1.95 bits per heavy atom. The SMILES string of the molecule is CC(C)(CCO)c1cc2cc([N+](=O)[O-])ccc2n1CCO. The van der Waals surface area contributed by atoms with Gasteiger partial charge in [0.15, 0.2) is 0 Å².